The lowest BCUT2D eigenvalue weighted by Crippen LogP contribution is -2.24. The number of nitrogens with zero attached hydrogens (tertiary/aromatic N) is 2. The van der Waals surface area contributed by atoms with Crippen LogP contribution in [-0.4, -0.2) is 29.3 Å². The van der Waals surface area contributed by atoms with Crippen LogP contribution in [0.15, 0.2) is 54.2 Å². The van der Waals surface area contributed by atoms with Crippen LogP contribution < -0.4 is 14.4 Å². The van der Waals surface area contributed by atoms with Gasteiger partial charge in [0.15, 0.2) is 11.5 Å². The fraction of sp³-hybridized carbons (Fsp3) is 0.360. The van der Waals surface area contributed by atoms with E-state index in [2.05, 4.69) is 9.72 Å². The lowest BCUT2D eigenvalue weighted by molar-refractivity contribution is -0.0518. The summed E-state index contributed by atoms with van der Waals surface area (Å²) in [5.41, 5.74) is 3.07. The molecule has 0 saturated carbocycles. The normalized spacial score (nSPS) is 11.6. The molecule has 0 spiro atoms. The summed E-state index contributed by atoms with van der Waals surface area (Å²) in [4.78, 5) is 19.5. The summed E-state index contributed by atoms with van der Waals surface area (Å²) in [5.74, 6) is -0.230. The topological polar surface area (TPSA) is 60.9 Å². The van der Waals surface area contributed by atoms with Gasteiger partial charge in [0.2, 0.25) is 0 Å². The molecule has 1 heterocycles. The van der Waals surface area contributed by atoms with Gasteiger partial charge in [-0.15, -0.1) is 11.3 Å². The SMILES string of the molecule is CC(C)Oc1cc(N(Cc2cncs2)c2ccc(C(=O)OC(C)(C)C)cc2)ccc1OC(F)F. The highest BCUT2D eigenvalue weighted by atomic mass is 32.1. The number of aromatic nitrogens is 1. The van der Waals surface area contributed by atoms with Gasteiger partial charge in [-0.3, -0.25) is 4.98 Å². The standard InChI is InChI=1S/C25H28F2N2O4S/c1-16(2)31-22-12-19(10-11-21(22)32-24(26)27)29(14-20-13-28-15-34-20)18-8-6-17(7-9-18)23(30)33-25(3,4)5/h6-13,15-16,24H,14H2,1-5H3. The molecule has 0 aliphatic carbocycles. The third-order valence-electron chi connectivity index (χ3n) is 4.43. The van der Waals surface area contributed by atoms with Gasteiger partial charge in [-0.2, -0.15) is 8.78 Å². The number of rotatable bonds is 9. The monoisotopic (exact) mass is 490 g/mol. The minimum absolute atomic E-state index is 0.0366. The van der Waals surface area contributed by atoms with E-state index < -0.39 is 18.2 Å². The fourth-order valence-corrected chi connectivity index (χ4v) is 3.71. The molecule has 0 fully saturated rings. The van der Waals surface area contributed by atoms with E-state index >= 15 is 0 Å². The molecule has 1 aromatic heterocycles. The third-order valence-corrected chi connectivity index (χ3v) is 5.19. The molecule has 0 amide bonds. The Hall–Kier alpha value is -3.20. The number of esters is 1. The maximum atomic E-state index is 12.9. The first kappa shape index (κ1) is 25.4. The van der Waals surface area contributed by atoms with Crippen molar-refractivity contribution in [2.45, 2.75) is 59.5 Å². The van der Waals surface area contributed by atoms with Crippen LogP contribution in [0.2, 0.25) is 0 Å². The summed E-state index contributed by atoms with van der Waals surface area (Å²) >= 11 is 1.50. The van der Waals surface area contributed by atoms with Crippen LogP contribution in [0.4, 0.5) is 20.2 Å². The molecule has 182 valence electrons. The Morgan fingerprint density at radius 1 is 1.03 bits per heavy atom. The van der Waals surface area contributed by atoms with Crippen LogP contribution in [0.25, 0.3) is 0 Å². The zero-order valence-electron chi connectivity index (χ0n) is 19.7. The minimum atomic E-state index is -2.96. The highest BCUT2D eigenvalue weighted by Crippen LogP contribution is 2.37. The van der Waals surface area contributed by atoms with Crippen LogP contribution in [0.1, 0.15) is 49.9 Å². The molecule has 3 rings (SSSR count). The van der Waals surface area contributed by atoms with Gasteiger partial charge in [0.05, 0.1) is 23.7 Å². The van der Waals surface area contributed by atoms with Crippen molar-refractivity contribution in [1.29, 1.82) is 0 Å². The second kappa shape index (κ2) is 10.8. The molecule has 6 nitrogen and oxygen atoms in total. The summed E-state index contributed by atoms with van der Waals surface area (Å²) in [6.45, 7) is 6.57. The van der Waals surface area contributed by atoms with Gasteiger partial charge < -0.3 is 19.1 Å². The molecule has 0 atom stereocenters. The third kappa shape index (κ3) is 7.15. The number of carbonyl (C=O) groups excluding carboxylic acids is 1. The number of carbonyl (C=O) groups is 1. The number of hydrogen-bond donors (Lipinski definition) is 0. The Morgan fingerprint density at radius 3 is 2.26 bits per heavy atom. The molecule has 0 bridgehead atoms. The zero-order valence-corrected chi connectivity index (χ0v) is 20.6. The molecular formula is C25H28F2N2O4S. The Morgan fingerprint density at radius 2 is 1.71 bits per heavy atom. The van der Waals surface area contributed by atoms with Gasteiger partial charge in [-0.05, 0) is 71.0 Å². The molecule has 0 unspecified atom stereocenters. The van der Waals surface area contributed by atoms with Crippen LogP contribution >= 0.6 is 11.3 Å². The van der Waals surface area contributed by atoms with Crippen molar-refractivity contribution in [3.63, 3.8) is 0 Å². The summed E-state index contributed by atoms with van der Waals surface area (Å²) in [5, 5.41) is 0. The van der Waals surface area contributed by atoms with Crippen molar-refractivity contribution >= 4 is 28.7 Å². The van der Waals surface area contributed by atoms with Crippen LogP contribution in [-0.2, 0) is 11.3 Å². The maximum absolute atomic E-state index is 12.9. The van der Waals surface area contributed by atoms with E-state index in [1.54, 1.807) is 36.0 Å². The first-order valence-corrected chi connectivity index (χ1v) is 11.6. The van der Waals surface area contributed by atoms with Gasteiger partial charge >= 0.3 is 12.6 Å². The first-order chi connectivity index (χ1) is 16.0. The molecule has 0 N–H and O–H groups in total. The fourth-order valence-electron chi connectivity index (χ4n) is 3.13. The van der Waals surface area contributed by atoms with E-state index in [-0.39, 0.29) is 17.6 Å². The van der Waals surface area contributed by atoms with Crippen LogP contribution in [0.3, 0.4) is 0 Å². The quantitative estimate of drug-likeness (QED) is 0.307. The van der Waals surface area contributed by atoms with Crippen LogP contribution in [0, 0.1) is 0 Å². The van der Waals surface area contributed by atoms with E-state index in [0.717, 1.165) is 10.6 Å². The van der Waals surface area contributed by atoms with E-state index in [4.69, 9.17) is 9.47 Å². The molecule has 0 aliphatic rings. The second-order valence-electron chi connectivity index (χ2n) is 8.78. The van der Waals surface area contributed by atoms with E-state index in [0.29, 0.717) is 17.8 Å². The molecule has 34 heavy (non-hydrogen) atoms. The Bertz CT molecular complexity index is 1080. The smallest absolute Gasteiger partial charge is 0.387 e. The molecule has 9 heteroatoms. The first-order valence-electron chi connectivity index (χ1n) is 10.8. The molecule has 0 saturated heterocycles. The van der Waals surface area contributed by atoms with Crippen molar-refractivity contribution < 1.29 is 27.8 Å². The predicted octanol–water partition coefficient (Wildman–Crippen LogP) is 6.83. The number of thiazole rings is 1. The Balaban J connectivity index is 1.97. The predicted molar refractivity (Wildman–Crippen MR) is 128 cm³/mol. The number of benzene rings is 2. The number of ether oxygens (including phenoxy) is 3. The lowest BCUT2D eigenvalue weighted by Gasteiger charge is -2.26. The summed E-state index contributed by atoms with van der Waals surface area (Å²) in [7, 11) is 0. The van der Waals surface area contributed by atoms with E-state index in [1.807, 2.05) is 51.7 Å². The van der Waals surface area contributed by atoms with Gasteiger partial charge in [-0.25, -0.2) is 4.79 Å². The average Bonchev–Trinajstić information content (AvgIpc) is 3.25. The van der Waals surface area contributed by atoms with Crippen molar-refractivity contribution in [1.82, 2.24) is 4.98 Å². The molecule has 3 aromatic rings. The Kier molecular flexibility index (Phi) is 8.09. The largest absolute Gasteiger partial charge is 0.487 e. The minimum Gasteiger partial charge on any atom is -0.487 e. The molecule has 0 radical (unpaired) electrons. The van der Waals surface area contributed by atoms with Gasteiger partial charge in [-0.1, -0.05) is 0 Å². The molecule has 2 aromatic carbocycles. The number of alkyl halides is 2. The summed E-state index contributed by atoms with van der Waals surface area (Å²) < 4.78 is 41.6. The molecule has 0 aliphatic heterocycles. The summed E-state index contributed by atoms with van der Waals surface area (Å²) in [6.07, 6.45) is 1.53. The second-order valence-corrected chi connectivity index (χ2v) is 9.75. The van der Waals surface area contributed by atoms with Crippen molar-refractivity contribution in [3.05, 3.63) is 64.6 Å². The lowest BCUT2D eigenvalue weighted by atomic mass is 10.1. The number of anilines is 2. The Labute approximate surface area is 202 Å². The zero-order chi connectivity index (χ0) is 24.9. The van der Waals surface area contributed by atoms with Gasteiger partial charge in [0.25, 0.3) is 0 Å². The highest BCUT2D eigenvalue weighted by Gasteiger charge is 2.20. The van der Waals surface area contributed by atoms with Gasteiger partial charge in [0, 0.05) is 28.5 Å². The number of hydrogen-bond acceptors (Lipinski definition) is 7. The average molecular weight is 491 g/mol. The van der Waals surface area contributed by atoms with Gasteiger partial charge in [0.1, 0.15) is 5.60 Å². The van der Waals surface area contributed by atoms with E-state index in [1.165, 1.54) is 17.4 Å². The number of halogens is 2. The van der Waals surface area contributed by atoms with Crippen molar-refractivity contribution in [2.24, 2.45) is 0 Å². The molecular weight excluding hydrogens is 462 g/mol. The van der Waals surface area contributed by atoms with Crippen molar-refractivity contribution in [3.8, 4) is 11.5 Å². The maximum Gasteiger partial charge on any atom is 0.387 e. The summed E-state index contributed by atoms with van der Waals surface area (Å²) in [6, 6.07) is 11.8. The van der Waals surface area contributed by atoms with Crippen molar-refractivity contribution in [2.75, 3.05) is 4.90 Å². The van der Waals surface area contributed by atoms with Crippen LogP contribution in [0.5, 0.6) is 11.5 Å². The van der Waals surface area contributed by atoms with E-state index in [9.17, 15) is 13.6 Å². The highest BCUT2D eigenvalue weighted by molar-refractivity contribution is 7.09.